The van der Waals surface area contributed by atoms with E-state index >= 15 is 0 Å². The molecule has 2 aromatic rings. The van der Waals surface area contributed by atoms with Crippen LogP contribution < -0.4 is 5.32 Å². The highest BCUT2D eigenvalue weighted by molar-refractivity contribution is 9.10. The number of rotatable bonds is 3. The number of nitrogens with one attached hydrogen (secondary N) is 1. The Bertz CT molecular complexity index is 622. The van der Waals surface area contributed by atoms with E-state index in [0.717, 1.165) is 16.6 Å². The second kappa shape index (κ2) is 5.80. The number of anilines is 1. The molecule has 1 aromatic carbocycles. The Labute approximate surface area is 125 Å². The molecule has 0 bridgehead atoms. The fraction of sp³-hybridized carbons (Fsp3) is 0.214. The highest BCUT2D eigenvalue weighted by Gasteiger charge is 2.13. The Hall–Kier alpha value is -1.26. The maximum absolute atomic E-state index is 12.3. The molecule has 0 spiro atoms. The van der Waals surface area contributed by atoms with Crippen molar-refractivity contribution >= 4 is 39.1 Å². The first kappa shape index (κ1) is 14.2. The van der Waals surface area contributed by atoms with Gasteiger partial charge in [-0.3, -0.25) is 4.79 Å². The van der Waals surface area contributed by atoms with Crippen molar-refractivity contribution in [3.8, 4) is 0 Å². The number of carbonyl (C=O) groups is 1. The maximum Gasteiger partial charge on any atom is 0.272 e. The molecule has 0 unspecified atom stereocenters. The fourth-order valence-electron chi connectivity index (χ4n) is 1.85. The number of hydrogen-bond donors (Lipinski definition) is 1. The third-order valence-electron chi connectivity index (χ3n) is 2.81. The average molecular weight is 342 g/mol. The molecule has 0 saturated heterocycles. The molecular formula is C14H14BrClN2O. The number of aryl methyl sites for hydroxylation is 2. The van der Waals surface area contributed by atoms with E-state index in [1.165, 1.54) is 0 Å². The Morgan fingerprint density at radius 3 is 2.84 bits per heavy atom. The van der Waals surface area contributed by atoms with Gasteiger partial charge in [0.2, 0.25) is 0 Å². The predicted molar refractivity (Wildman–Crippen MR) is 81.9 cm³/mol. The van der Waals surface area contributed by atoms with Crippen molar-refractivity contribution in [3.05, 3.63) is 51.2 Å². The van der Waals surface area contributed by atoms with Gasteiger partial charge in [0.1, 0.15) is 5.69 Å². The van der Waals surface area contributed by atoms with E-state index in [-0.39, 0.29) is 5.91 Å². The molecule has 19 heavy (non-hydrogen) atoms. The third kappa shape index (κ3) is 3.19. The van der Waals surface area contributed by atoms with E-state index in [4.69, 9.17) is 11.6 Å². The van der Waals surface area contributed by atoms with Gasteiger partial charge in [-0.05, 0) is 53.5 Å². The van der Waals surface area contributed by atoms with Gasteiger partial charge in [0.05, 0.1) is 10.7 Å². The van der Waals surface area contributed by atoms with Gasteiger partial charge in [-0.25, -0.2) is 0 Å². The van der Waals surface area contributed by atoms with Crippen molar-refractivity contribution < 1.29 is 4.79 Å². The Morgan fingerprint density at radius 2 is 2.16 bits per heavy atom. The predicted octanol–water partition coefficient (Wildman–Crippen LogP) is 4.48. The van der Waals surface area contributed by atoms with E-state index in [1.807, 2.05) is 36.7 Å². The normalized spacial score (nSPS) is 10.5. The van der Waals surface area contributed by atoms with Crippen LogP contribution in [0, 0.1) is 6.92 Å². The van der Waals surface area contributed by atoms with Crippen LogP contribution in [0.3, 0.4) is 0 Å². The first-order valence-electron chi connectivity index (χ1n) is 5.94. The van der Waals surface area contributed by atoms with Crippen LogP contribution in [0.4, 0.5) is 5.69 Å². The molecule has 0 aliphatic heterocycles. The molecule has 1 heterocycles. The van der Waals surface area contributed by atoms with Gasteiger partial charge in [0, 0.05) is 17.2 Å². The molecule has 0 aliphatic carbocycles. The van der Waals surface area contributed by atoms with Crippen molar-refractivity contribution in [2.45, 2.75) is 20.4 Å². The molecule has 5 heteroatoms. The number of benzene rings is 1. The summed E-state index contributed by atoms with van der Waals surface area (Å²) < 4.78 is 2.76. The molecule has 0 fully saturated rings. The highest BCUT2D eigenvalue weighted by Crippen LogP contribution is 2.24. The zero-order valence-electron chi connectivity index (χ0n) is 10.7. The van der Waals surface area contributed by atoms with E-state index in [0.29, 0.717) is 16.4 Å². The van der Waals surface area contributed by atoms with Crippen molar-refractivity contribution in [2.75, 3.05) is 5.32 Å². The summed E-state index contributed by atoms with van der Waals surface area (Å²) in [5, 5.41) is 3.38. The molecule has 2 rings (SSSR count). The van der Waals surface area contributed by atoms with E-state index in [9.17, 15) is 4.79 Å². The molecule has 100 valence electrons. The van der Waals surface area contributed by atoms with Crippen LogP contribution in [0.5, 0.6) is 0 Å². The first-order valence-corrected chi connectivity index (χ1v) is 7.11. The van der Waals surface area contributed by atoms with Crippen LogP contribution >= 0.6 is 27.5 Å². The van der Waals surface area contributed by atoms with E-state index in [2.05, 4.69) is 21.2 Å². The lowest BCUT2D eigenvalue weighted by atomic mass is 10.2. The van der Waals surface area contributed by atoms with Crippen molar-refractivity contribution in [3.63, 3.8) is 0 Å². The Balaban J connectivity index is 2.27. The Morgan fingerprint density at radius 1 is 1.42 bits per heavy atom. The lowest BCUT2D eigenvalue weighted by Crippen LogP contribution is -2.16. The summed E-state index contributed by atoms with van der Waals surface area (Å²) in [5.74, 6) is -0.167. The lowest BCUT2D eigenvalue weighted by Gasteiger charge is -2.09. The van der Waals surface area contributed by atoms with Gasteiger partial charge in [0.15, 0.2) is 0 Å². The number of nitrogens with zero attached hydrogens (tertiary/aromatic N) is 1. The second-order valence-electron chi connectivity index (χ2n) is 4.27. The van der Waals surface area contributed by atoms with E-state index < -0.39 is 0 Å². The van der Waals surface area contributed by atoms with Gasteiger partial charge in [0.25, 0.3) is 5.91 Å². The lowest BCUT2D eigenvalue weighted by molar-refractivity contribution is 0.101. The molecule has 0 radical (unpaired) electrons. The van der Waals surface area contributed by atoms with Crippen LogP contribution in [0.25, 0.3) is 0 Å². The monoisotopic (exact) mass is 340 g/mol. The summed E-state index contributed by atoms with van der Waals surface area (Å²) in [6.45, 7) is 4.68. The smallest absolute Gasteiger partial charge is 0.272 e. The van der Waals surface area contributed by atoms with Gasteiger partial charge < -0.3 is 9.88 Å². The molecule has 0 saturated carbocycles. The van der Waals surface area contributed by atoms with Crippen molar-refractivity contribution in [1.29, 1.82) is 0 Å². The molecular weight excluding hydrogens is 328 g/mol. The number of halogens is 2. The Kier molecular flexibility index (Phi) is 4.32. The topological polar surface area (TPSA) is 34.0 Å². The van der Waals surface area contributed by atoms with Crippen LogP contribution in [-0.2, 0) is 6.54 Å². The van der Waals surface area contributed by atoms with Crippen LogP contribution in [0.1, 0.15) is 23.0 Å². The molecule has 1 aromatic heterocycles. The summed E-state index contributed by atoms with van der Waals surface area (Å²) in [4.78, 5) is 12.3. The number of carbonyl (C=O) groups excluding carboxylic acids is 1. The summed E-state index contributed by atoms with van der Waals surface area (Å²) in [5.41, 5.74) is 2.28. The second-order valence-corrected chi connectivity index (χ2v) is 5.59. The molecule has 1 N–H and O–H groups in total. The molecule has 3 nitrogen and oxygen atoms in total. The van der Waals surface area contributed by atoms with Crippen molar-refractivity contribution in [1.82, 2.24) is 4.57 Å². The number of hydrogen-bond acceptors (Lipinski definition) is 1. The highest BCUT2D eigenvalue weighted by atomic mass is 79.9. The molecule has 0 aliphatic rings. The minimum absolute atomic E-state index is 0.167. The maximum atomic E-state index is 12.3. The van der Waals surface area contributed by atoms with Gasteiger partial charge in [-0.2, -0.15) is 0 Å². The standard InChI is InChI=1S/C14H14BrClN2O/c1-3-18-8-10(15)7-13(18)14(19)17-12-6-9(2)4-5-11(12)16/h4-8H,3H2,1-2H3,(H,17,19). The summed E-state index contributed by atoms with van der Waals surface area (Å²) in [7, 11) is 0. The fourth-order valence-corrected chi connectivity index (χ4v) is 2.48. The zero-order chi connectivity index (χ0) is 14.0. The molecule has 1 amide bonds. The quantitative estimate of drug-likeness (QED) is 0.877. The first-order chi connectivity index (χ1) is 9.01. The van der Waals surface area contributed by atoms with Gasteiger partial charge in [-0.1, -0.05) is 17.7 Å². The van der Waals surface area contributed by atoms with E-state index in [1.54, 1.807) is 12.1 Å². The number of amides is 1. The SMILES string of the molecule is CCn1cc(Br)cc1C(=O)Nc1cc(C)ccc1Cl. The van der Waals surface area contributed by atoms with Crippen LogP contribution in [-0.4, -0.2) is 10.5 Å². The van der Waals surface area contributed by atoms with Crippen LogP contribution in [0.2, 0.25) is 5.02 Å². The minimum atomic E-state index is -0.167. The summed E-state index contributed by atoms with van der Waals surface area (Å²) in [6.07, 6.45) is 1.88. The zero-order valence-corrected chi connectivity index (χ0v) is 13.0. The average Bonchev–Trinajstić information content (AvgIpc) is 2.75. The van der Waals surface area contributed by atoms with Gasteiger partial charge in [-0.15, -0.1) is 0 Å². The number of aromatic nitrogens is 1. The van der Waals surface area contributed by atoms with Gasteiger partial charge >= 0.3 is 0 Å². The van der Waals surface area contributed by atoms with Crippen LogP contribution in [0.15, 0.2) is 34.9 Å². The minimum Gasteiger partial charge on any atom is -0.343 e. The summed E-state index contributed by atoms with van der Waals surface area (Å²) >= 11 is 9.45. The third-order valence-corrected chi connectivity index (χ3v) is 3.57. The summed E-state index contributed by atoms with van der Waals surface area (Å²) in [6, 6.07) is 7.33. The van der Waals surface area contributed by atoms with Crippen molar-refractivity contribution in [2.24, 2.45) is 0 Å². The largest absolute Gasteiger partial charge is 0.343 e. The molecule has 0 atom stereocenters.